The van der Waals surface area contributed by atoms with Gasteiger partial charge in [0.2, 0.25) is 0 Å². The minimum absolute atomic E-state index is 0.204. The van der Waals surface area contributed by atoms with Gasteiger partial charge in [-0.1, -0.05) is 12.1 Å². The van der Waals surface area contributed by atoms with Gasteiger partial charge in [-0.3, -0.25) is 4.79 Å². The lowest BCUT2D eigenvalue weighted by Crippen LogP contribution is -2.40. The van der Waals surface area contributed by atoms with Crippen molar-refractivity contribution in [3.05, 3.63) is 71.8 Å². The molecule has 7 heteroatoms. The third kappa shape index (κ3) is 4.30. The van der Waals surface area contributed by atoms with Crippen LogP contribution in [0, 0.1) is 0 Å². The monoisotopic (exact) mass is 392 g/mol. The SMILES string of the molecule is COc1cnc(C(=O)NC2CCC[C@@H]2O)cc1Cc1ccc(-n2cccn2)cc1. The number of carbonyl (C=O) groups is 1. The van der Waals surface area contributed by atoms with Crippen LogP contribution in [0.2, 0.25) is 0 Å². The van der Waals surface area contributed by atoms with Gasteiger partial charge in [0.25, 0.3) is 5.91 Å². The Hall–Kier alpha value is -3.19. The molecular weight excluding hydrogens is 368 g/mol. The number of benzene rings is 1. The maximum absolute atomic E-state index is 12.6. The highest BCUT2D eigenvalue weighted by atomic mass is 16.5. The van der Waals surface area contributed by atoms with E-state index in [1.807, 2.05) is 36.5 Å². The van der Waals surface area contributed by atoms with Gasteiger partial charge in [0.1, 0.15) is 11.4 Å². The van der Waals surface area contributed by atoms with Crippen LogP contribution in [0.5, 0.6) is 5.75 Å². The molecule has 1 unspecified atom stereocenters. The Morgan fingerprint density at radius 3 is 2.79 bits per heavy atom. The Morgan fingerprint density at radius 1 is 1.31 bits per heavy atom. The van der Waals surface area contributed by atoms with E-state index in [0.29, 0.717) is 17.9 Å². The van der Waals surface area contributed by atoms with Gasteiger partial charge in [-0.2, -0.15) is 5.10 Å². The van der Waals surface area contributed by atoms with Crippen molar-refractivity contribution in [2.75, 3.05) is 7.11 Å². The third-order valence-electron chi connectivity index (χ3n) is 5.30. The molecule has 0 bridgehead atoms. The van der Waals surface area contributed by atoms with Crippen molar-refractivity contribution >= 4 is 5.91 Å². The minimum atomic E-state index is -0.482. The second kappa shape index (κ2) is 8.45. The average molecular weight is 392 g/mol. The van der Waals surface area contributed by atoms with Gasteiger partial charge in [0, 0.05) is 24.4 Å². The predicted molar refractivity (Wildman–Crippen MR) is 108 cm³/mol. The first kappa shape index (κ1) is 19.1. The second-order valence-electron chi connectivity index (χ2n) is 7.25. The van der Waals surface area contributed by atoms with Crippen LogP contribution in [0.4, 0.5) is 0 Å². The Kier molecular flexibility index (Phi) is 5.57. The van der Waals surface area contributed by atoms with E-state index >= 15 is 0 Å². The quantitative estimate of drug-likeness (QED) is 0.673. The molecule has 2 atom stereocenters. The van der Waals surface area contributed by atoms with Crippen LogP contribution >= 0.6 is 0 Å². The van der Waals surface area contributed by atoms with E-state index in [2.05, 4.69) is 15.4 Å². The molecular formula is C22H24N4O3. The fourth-order valence-corrected chi connectivity index (χ4v) is 3.69. The van der Waals surface area contributed by atoms with Gasteiger partial charge < -0.3 is 15.2 Å². The number of ether oxygens (including phenoxy) is 1. The van der Waals surface area contributed by atoms with Crippen LogP contribution in [-0.4, -0.2) is 45.0 Å². The summed E-state index contributed by atoms with van der Waals surface area (Å²) in [5, 5.41) is 17.1. The summed E-state index contributed by atoms with van der Waals surface area (Å²) in [6, 6.07) is 11.5. The lowest BCUT2D eigenvalue weighted by Gasteiger charge is -2.17. The summed E-state index contributed by atoms with van der Waals surface area (Å²) in [6.45, 7) is 0. The van der Waals surface area contributed by atoms with E-state index < -0.39 is 6.10 Å². The summed E-state index contributed by atoms with van der Waals surface area (Å²) in [5.74, 6) is 0.368. The number of aliphatic hydroxyl groups excluding tert-OH is 1. The number of pyridine rings is 1. The lowest BCUT2D eigenvalue weighted by atomic mass is 10.0. The zero-order valence-corrected chi connectivity index (χ0v) is 16.3. The van der Waals surface area contributed by atoms with Crippen LogP contribution in [0.25, 0.3) is 5.69 Å². The first-order valence-electron chi connectivity index (χ1n) is 9.75. The van der Waals surface area contributed by atoms with Crippen molar-refractivity contribution in [2.24, 2.45) is 0 Å². The standard InChI is InChI=1S/C22H24N4O3/c1-29-21-14-23-19(22(28)25-18-4-2-5-20(18)27)13-16(21)12-15-6-8-17(9-7-15)26-11-3-10-24-26/h3,6-11,13-14,18,20,27H,2,4-5,12H2,1H3,(H,25,28)/t18?,20-/m0/s1. The van der Waals surface area contributed by atoms with Gasteiger partial charge in [0.05, 0.1) is 31.1 Å². The fourth-order valence-electron chi connectivity index (χ4n) is 3.69. The smallest absolute Gasteiger partial charge is 0.270 e. The van der Waals surface area contributed by atoms with Crippen LogP contribution in [-0.2, 0) is 6.42 Å². The molecule has 1 aliphatic rings. The molecule has 150 valence electrons. The molecule has 1 aromatic carbocycles. The van der Waals surface area contributed by atoms with E-state index in [1.54, 1.807) is 30.3 Å². The van der Waals surface area contributed by atoms with E-state index in [4.69, 9.17) is 4.74 Å². The molecule has 2 heterocycles. The molecule has 2 N–H and O–H groups in total. The van der Waals surface area contributed by atoms with Crippen molar-refractivity contribution in [3.8, 4) is 11.4 Å². The average Bonchev–Trinajstić information content (AvgIpc) is 3.41. The number of aliphatic hydroxyl groups is 1. The lowest BCUT2D eigenvalue weighted by molar-refractivity contribution is 0.0868. The molecule has 3 aromatic rings. The molecule has 7 nitrogen and oxygen atoms in total. The first-order chi connectivity index (χ1) is 14.1. The molecule has 0 radical (unpaired) electrons. The van der Waals surface area contributed by atoms with Crippen molar-refractivity contribution < 1.29 is 14.6 Å². The fraction of sp³-hybridized carbons (Fsp3) is 0.318. The van der Waals surface area contributed by atoms with Crippen LogP contribution in [0.3, 0.4) is 0 Å². The van der Waals surface area contributed by atoms with Crippen LogP contribution in [0.15, 0.2) is 55.0 Å². The molecule has 2 aromatic heterocycles. The molecule has 1 aliphatic carbocycles. The van der Waals surface area contributed by atoms with Gasteiger partial charge >= 0.3 is 0 Å². The maximum atomic E-state index is 12.6. The summed E-state index contributed by atoms with van der Waals surface area (Å²) in [4.78, 5) is 16.8. The minimum Gasteiger partial charge on any atom is -0.495 e. The number of hydrogen-bond donors (Lipinski definition) is 2. The highest BCUT2D eigenvalue weighted by molar-refractivity contribution is 5.92. The topological polar surface area (TPSA) is 89.3 Å². The third-order valence-corrected chi connectivity index (χ3v) is 5.30. The number of hydrogen-bond acceptors (Lipinski definition) is 5. The predicted octanol–water partition coefficient (Wildman–Crippen LogP) is 2.51. The van der Waals surface area contributed by atoms with E-state index in [-0.39, 0.29) is 11.9 Å². The Morgan fingerprint density at radius 2 is 2.14 bits per heavy atom. The summed E-state index contributed by atoms with van der Waals surface area (Å²) in [6.07, 6.45) is 7.77. The first-order valence-corrected chi connectivity index (χ1v) is 9.75. The van der Waals surface area contributed by atoms with E-state index in [1.165, 1.54) is 0 Å². The Balaban J connectivity index is 1.51. The molecule has 0 spiro atoms. The molecule has 0 saturated heterocycles. The van der Waals surface area contributed by atoms with Gasteiger partial charge in [-0.05, 0) is 49.1 Å². The highest BCUT2D eigenvalue weighted by Crippen LogP contribution is 2.23. The molecule has 4 rings (SSSR count). The summed E-state index contributed by atoms with van der Waals surface area (Å²) in [7, 11) is 1.59. The molecule has 1 saturated carbocycles. The van der Waals surface area contributed by atoms with Crippen LogP contribution in [0.1, 0.15) is 40.9 Å². The number of amides is 1. The zero-order valence-electron chi connectivity index (χ0n) is 16.3. The van der Waals surface area contributed by atoms with Crippen molar-refractivity contribution in [1.29, 1.82) is 0 Å². The second-order valence-corrected chi connectivity index (χ2v) is 7.25. The number of rotatable bonds is 6. The summed E-state index contributed by atoms with van der Waals surface area (Å²) >= 11 is 0. The summed E-state index contributed by atoms with van der Waals surface area (Å²) in [5.41, 5.74) is 3.28. The Bertz CT molecular complexity index is 970. The van der Waals surface area contributed by atoms with E-state index in [0.717, 1.165) is 36.1 Å². The number of methoxy groups -OCH3 is 1. The van der Waals surface area contributed by atoms with Gasteiger partial charge in [-0.25, -0.2) is 9.67 Å². The number of nitrogens with one attached hydrogen (secondary N) is 1. The molecule has 29 heavy (non-hydrogen) atoms. The number of carbonyl (C=O) groups excluding carboxylic acids is 1. The van der Waals surface area contributed by atoms with E-state index in [9.17, 15) is 9.90 Å². The highest BCUT2D eigenvalue weighted by Gasteiger charge is 2.27. The number of nitrogens with zero attached hydrogens (tertiary/aromatic N) is 3. The number of aromatic nitrogens is 3. The van der Waals surface area contributed by atoms with Gasteiger partial charge in [0.15, 0.2) is 0 Å². The van der Waals surface area contributed by atoms with Crippen LogP contribution < -0.4 is 10.1 Å². The zero-order chi connectivity index (χ0) is 20.2. The van der Waals surface area contributed by atoms with Crippen molar-refractivity contribution in [3.63, 3.8) is 0 Å². The largest absolute Gasteiger partial charge is 0.495 e. The van der Waals surface area contributed by atoms with Crippen molar-refractivity contribution in [2.45, 2.75) is 37.8 Å². The summed E-state index contributed by atoms with van der Waals surface area (Å²) < 4.78 is 7.24. The molecule has 1 fully saturated rings. The van der Waals surface area contributed by atoms with Crippen molar-refractivity contribution in [1.82, 2.24) is 20.1 Å². The normalized spacial score (nSPS) is 18.6. The molecule has 1 amide bonds. The van der Waals surface area contributed by atoms with Gasteiger partial charge in [-0.15, -0.1) is 0 Å². The molecule has 0 aliphatic heterocycles. The Labute approximate surface area is 169 Å². The maximum Gasteiger partial charge on any atom is 0.270 e.